The lowest BCUT2D eigenvalue weighted by Gasteiger charge is -2.12. The summed E-state index contributed by atoms with van der Waals surface area (Å²) < 4.78 is 9.65. The largest absolute Gasteiger partial charge is 0.513 e. The average molecular weight is 370 g/mol. The summed E-state index contributed by atoms with van der Waals surface area (Å²) in [4.78, 5) is 35.2. The fourth-order valence-corrected chi connectivity index (χ4v) is 2.23. The van der Waals surface area contributed by atoms with Gasteiger partial charge in [0.1, 0.15) is 5.75 Å². The van der Waals surface area contributed by atoms with Crippen LogP contribution in [-0.4, -0.2) is 24.6 Å². The Bertz CT molecular complexity index is 802. The highest BCUT2D eigenvalue weighted by atomic mass is 16.7. The Morgan fingerprint density at radius 1 is 0.963 bits per heavy atom. The van der Waals surface area contributed by atoms with Crippen LogP contribution in [0.5, 0.6) is 5.75 Å². The number of benzene rings is 2. The molecular weight excluding hydrogens is 348 g/mol. The molecule has 0 unspecified atom stereocenters. The zero-order chi connectivity index (χ0) is 19.6. The number of ether oxygens (including phenoxy) is 2. The van der Waals surface area contributed by atoms with Crippen molar-refractivity contribution in [2.75, 3.05) is 11.9 Å². The van der Waals surface area contributed by atoms with Crippen molar-refractivity contribution in [2.24, 2.45) is 0 Å². The molecule has 0 aliphatic carbocycles. The van der Waals surface area contributed by atoms with Gasteiger partial charge in [-0.1, -0.05) is 25.1 Å². The van der Waals surface area contributed by atoms with Crippen LogP contribution in [0.3, 0.4) is 0 Å². The first kappa shape index (κ1) is 20.0. The zero-order valence-electron chi connectivity index (χ0n) is 15.3. The molecule has 0 fully saturated rings. The first-order valence-corrected chi connectivity index (χ1v) is 8.64. The van der Waals surface area contributed by atoms with Gasteiger partial charge >= 0.3 is 6.16 Å². The number of carbonyl (C=O) groups excluding carboxylic acids is 3. The molecule has 2 rings (SSSR count). The molecule has 27 heavy (non-hydrogen) atoms. The van der Waals surface area contributed by atoms with Crippen molar-refractivity contribution in [1.82, 2.24) is 5.32 Å². The number of rotatable bonds is 7. The fraction of sp³-hybridized carbons (Fsp3) is 0.250. The van der Waals surface area contributed by atoms with Crippen LogP contribution < -0.4 is 15.4 Å². The van der Waals surface area contributed by atoms with Crippen molar-refractivity contribution in [3.05, 3.63) is 59.7 Å². The van der Waals surface area contributed by atoms with Crippen LogP contribution in [0.2, 0.25) is 0 Å². The minimum absolute atomic E-state index is 0.0617. The van der Waals surface area contributed by atoms with E-state index in [0.717, 1.165) is 5.56 Å². The Kier molecular flexibility index (Phi) is 7.37. The number of hydrogen-bond donors (Lipinski definition) is 2. The molecule has 2 aromatic carbocycles. The second-order valence-electron chi connectivity index (χ2n) is 5.55. The Balaban J connectivity index is 2.02. The number of hydrogen-bond acceptors (Lipinski definition) is 5. The van der Waals surface area contributed by atoms with Crippen molar-refractivity contribution >= 4 is 23.7 Å². The molecule has 2 N–H and O–H groups in total. The minimum atomic E-state index is -0.794. The number of carbonyl (C=O) groups is 3. The van der Waals surface area contributed by atoms with Crippen molar-refractivity contribution in [1.29, 1.82) is 0 Å². The predicted molar refractivity (Wildman–Crippen MR) is 101 cm³/mol. The number of nitrogens with one attached hydrogen (secondary N) is 2. The van der Waals surface area contributed by atoms with E-state index < -0.39 is 6.16 Å². The van der Waals surface area contributed by atoms with Gasteiger partial charge in [0.2, 0.25) is 5.91 Å². The normalized spacial score (nSPS) is 10.0. The van der Waals surface area contributed by atoms with Crippen LogP contribution in [0, 0.1) is 0 Å². The molecule has 7 heteroatoms. The third-order valence-electron chi connectivity index (χ3n) is 3.64. The number of para-hydroxylation sites is 1. The highest BCUT2D eigenvalue weighted by Gasteiger charge is 2.11. The van der Waals surface area contributed by atoms with E-state index in [9.17, 15) is 14.4 Å². The van der Waals surface area contributed by atoms with E-state index in [1.165, 1.54) is 12.1 Å². The highest BCUT2D eigenvalue weighted by Crippen LogP contribution is 2.18. The van der Waals surface area contributed by atoms with Gasteiger partial charge in [-0.2, -0.15) is 0 Å². The van der Waals surface area contributed by atoms with E-state index in [-0.39, 0.29) is 24.2 Å². The van der Waals surface area contributed by atoms with Crippen LogP contribution in [0.1, 0.15) is 36.2 Å². The SMILES string of the molecule is CCOC(=O)Oc1ccc(C(=O)Nc2ccccc2CNC(=O)CC)cc1. The molecule has 2 amide bonds. The van der Waals surface area contributed by atoms with Crippen LogP contribution >= 0.6 is 0 Å². The van der Waals surface area contributed by atoms with Gasteiger partial charge in [0.05, 0.1) is 6.61 Å². The van der Waals surface area contributed by atoms with Gasteiger partial charge in [-0.3, -0.25) is 9.59 Å². The van der Waals surface area contributed by atoms with Crippen LogP contribution in [-0.2, 0) is 16.1 Å². The summed E-state index contributed by atoms with van der Waals surface area (Å²) >= 11 is 0. The van der Waals surface area contributed by atoms with Gasteiger partial charge in [-0.25, -0.2) is 4.79 Å². The summed E-state index contributed by atoms with van der Waals surface area (Å²) in [5.74, 6) is -0.0899. The van der Waals surface area contributed by atoms with Gasteiger partial charge in [-0.15, -0.1) is 0 Å². The van der Waals surface area contributed by atoms with Crippen molar-refractivity contribution in [3.8, 4) is 5.75 Å². The standard InChI is InChI=1S/C20H22N2O5/c1-3-18(23)21-13-15-7-5-6-8-17(15)22-19(24)14-9-11-16(12-10-14)27-20(25)26-4-2/h5-12H,3-4,13H2,1-2H3,(H,21,23)(H,22,24). The molecule has 0 aromatic heterocycles. The zero-order valence-corrected chi connectivity index (χ0v) is 15.3. The third-order valence-corrected chi connectivity index (χ3v) is 3.64. The second-order valence-corrected chi connectivity index (χ2v) is 5.55. The molecule has 142 valence electrons. The maximum atomic E-state index is 12.5. The molecule has 0 aliphatic rings. The maximum absolute atomic E-state index is 12.5. The van der Waals surface area contributed by atoms with Gasteiger partial charge in [0.15, 0.2) is 0 Å². The van der Waals surface area contributed by atoms with Crippen molar-refractivity contribution in [3.63, 3.8) is 0 Å². The van der Waals surface area contributed by atoms with E-state index in [1.54, 1.807) is 38.1 Å². The van der Waals surface area contributed by atoms with Crippen LogP contribution in [0.25, 0.3) is 0 Å². The van der Waals surface area contributed by atoms with Crippen molar-refractivity contribution in [2.45, 2.75) is 26.8 Å². The van der Waals surface area contributed by atoms with Crippen LogP contribution in [0.4, 0.5) is 10.5 Å². The topological polar surface area (TPSA) is 93.7 Å². The summed E-state index contributed by atoms with van der Waals surface area (Å²) in [6, 6.07) is 13.4. The first-order chi connectivity index (χ1) is 13.0. The van der Waals surface area contributed by atoms with E-state index in [4.69, 9.17) is 9.47 Å². The van der Waals surface area contributed by atoms with E-state index in [0.29, 0.717) is 24.2 Å². The molecule has 0 atom stereocenters. The molecule has 2 aromatic rings. The Labute approximate surface area is 157 Å². The Morgan fingerprint density at radius 2 is 1.67 bits per heavy atom. The fourth-order valence-electron chi connectivity index (χ4n) is 2.23. The predicted octanol–water partition coefficient (Wildman–Crippen LogP) is 3.50. The van der Waals surface area contributed by atoms with Gasteiger partial charge in [-0.05, 0) is 42.8 Å². The summed E-state index contributed by atoms with van der Waals surface area (Å²) in [6.07, 6.45) is -0.396. The smallest absolute Gasteiger partial charge is 0.434 e. The van der Waals surface area contributed by atoms with Gasteiger partial charge < -0.3 is 20.1 Å². The minimum Gasteiger partial charge on any atom is -0.434 e. The summed E-state index contributed by atoms with van der Waals surface area (Å²) in [7, 11) is 0. The maximum Gasteiger partial charge on any atom is 0.513 e. The summed E-state index contributed by atoms with van der Waals surface area (Å²) in [5.41, 5.74) is 1.82. The van der Waals surface area contributed by atoms with Crippen molar-refractivity contribution < 1.29 is 23.9 Å². The Morgan fingerprint density at radius 3 is 2.33 bits per heavy atom. The quantitative estimate of drug-likeness (QED) is 0.575. The lowest BCUT2D eigenvalue weighted by Crippen LogP contribution is -2.22. The molecule has 0 aliphatic heterocycles. The number of amides is 2. The summed E-state index contributed by atoms with van der Waals surface area (Å²) in [5, 5.41) is 5.61. The van der Waals surface area contributed by atoms with E-state index >= 15 is 0 Å². The highest BCUT2D eigenvalue weighted by molar-refractivity contribution is 6.04. The van der Waals surface area contributed by atoms with Gasteiger partial charge in [0.25, 0.3) is 5.91 Å². The summed E-state index contributed by atoms with van der Waals surface area (Å²) in [6.45, 7) is 4.01. The van der Waals surface area contributed by atoms with Crippen LogP contribution in [0.15, 0.2) is 48.5 Å². The first-order valence-electron chi connectivity index (χ1n) is 8.64. The lowest BCUT2D eigenvalue weighted by molar-refractivity contribution is -0.120. The molecule has 0 saturated heterocycles. The second kappa shape index (κ2) is 9.96. The molecule has 0 heterocycles. The molecule has 7 nitrogen and oxygen atoms in total. The molecule has 0 saturated carbocycles. The third kappa shape index (κ3) is 6.14. The average Bonchev–Trinajstić information content (AvgIpc) is 2.67. The molecular formula is C20H22N2O5. The number of anilines is 1. The van der Waals surface area contributed by atoms with E-state index in [1.807, 2.05) is 12.1 Å². The van der Waals surface area contributed by atoms with E-state index in [2.05, 4.69) is 10.6 Å². The lowest BCUT2D eigenvalue weighted by atomic mass is 10.1. The Hall–Kier alpha value is -3.35. The molecule has 0 bridgehead atoms. The molecule has 0 spiro atoms. The van der Waals surface area contributed by atoms with Gasteiger partial charge in [0, 0.05) is 24.2 Å². The monoisotopic (exact) mass is 370 g/mol. The molecule has 0 radical (unpaired) electrons.